The average Bonchev–Trinajstić information content (AvgIpc) is 2.64. The molecule has 0 aliphatic carbocycles. The maximum Gasteiger partial charge on any atom is 0.261 e. The van der Waals surface area contributed by atoms with Crippen LogP contribution in [0.15, 0.2) is 52.9 Å². The van der Waals surface area contributed by atoms with Gasteiger partial charge in [0.2, 0.25) is 5.55 Å². The van der Waals surface area contributed by atoms with Crippen molar-refractivity contribution < 1.29 is 13.6 Å². The second-order valence-corrected chi connectivity index (χ2v) is 5.84. The molecule has 0 aliphatic heterocycles. The lowest BCUT2D eigenvalue weighted by atomic mass is 10.1. The zero-order valence-electron chi connectivity index (χ0n) is 14.7. The molecule has 0 fully saturated rings. The Kier molecular flexibility index (Phi) is 5.02. The SMILES string of the molecule is CCN(CC)c1ccc2cc(C(=O)Nc3ccc(F)cc3)c(=N)oc2c1. The van der Waals surface area contributed by atoms with Crippen molar-refractivity contribution in [3.05, 3.63) is 65.5 Å². The minimum absolute atomic E-state index is 0.123. The third-order valence-electron chi connectivity index (χ3n) is 4.23. The van der Waals surface area contributed by atoms with E-state index in [1.165, 1.54) is 24.3 Å². The van der Waals surface area contributed by atoms with Crippen LogP contribution in [0.25, 0.3) is 11.0 Å². The Morgan fingerprint density at radius 3 is 2.46 bits per heavy atom. The van der Waals surface area contributed by atoms with E-state index < -0.39 is 5.91 Å². The molecule has 2 aromatic carbocycles. The topological polar surface area (TPSA) is 69.3 Å². The Bertz CT molecular complexity index is 992. The lowest BCUT2D eigenvalue weighted by Gasteiger charge is -2.21. The molecule has 26 heavy (non-hydrogen) atoms. The van der Waals surface area contributed by atoms with E-state index in [-0.39, 0.29) is 16.9 Å². The number of carbonyl (C=O) groups is 1. The van der Waals surface area contributed by atoms with Crippen LogP contribution >= 0.6 is 0 Å². The zero-order valence-corrected chi connectivity index (χ0v) is 14.7. The number of benzene rings is 2. The fourth-order valence-electron chi connectivity index (χ4n) is 2.80. The monoisotopic (exact) mass is 353 g/mol. The van der Waals surface area contributed by atoms with Crippen LogP contribution in [0.2, 0.25) is 0 Å². The molecule has 0 radical (unpaired) electrons. The van der Waals surface area contributed by atoms with E-state index in [2.05, 4.69) is 24.1 Å². The minimum Gasteiger partial charge on any atom is -0.438 e. The highest BCUT2D eigenvalue weighted by molar-refractivity contribution is 6.05. The third kappa shape index (κ3) is 3.59. The summed E-state index contributed by atoms with van der Waals surface area (Å²) >= 11 is 0. The first-order valence-electron chi connectivity index (χ1n) is 8.46. The largest absolute Gasteiger partial charge is 0.438 e. The molecule has 0 bridgehead atoms. The van der Waals surface area contributed by atoms with Crippen molar-refractivity contribution in [2.45, 2.75) is 13.8 Å². The lowest BCUT2D eigenvalue weighted by molar-refractivity contribution is 0.102. The summed E-state index contributed by atoms with van der Waals surface area (Å²) in [7, 11) is 0. The number of nitrogens with zero attached hydrogens (tertiary/aromatic N) is 1. The first-order chi connectivity index (χ1) is 12.5. The van der Waals surface area contributed by atoms with E-state index in [9.17, 15) is 9.18 Å². The summed E-state index contributed by atoms with van der Waals surface area (Å²) in [5.41, 5.74) is 1.92. The van der Waals surface area contributed by atoms with Gasteiger partial charge in [0.1, 0.15) is 17.0 Å². The lowest BCUT2D eigenvalue weighted by Crippen LogP contribution is -2.22. The minimum atomic E-state index is -0.472. The fraction of sp³-hybridized carbons (Fsp3) is 0.200. The van der Waals surface area contributed by atoms with Crippen molar-refractivity contribution in [1.82, 2.24) is 0 Å². The molecule has 3 rings (SSSR count). The molecular formula is C20H20FN3O2. The molecule has 0 atom stereocenters. The number of rotatable bonds is 5. The number of anilines is 2. The van der Waals surface area contributed by atoms with E-state index in [0.29, 0.717) is 11.3 Å². The van der Waals surface area contributed by atoms with Crippen LogP contribution in [-0.2, 0) is 0 Å². The van der Waals surface area contributed by atoms with Crippen LogP contribution in [0.4, 0.5) is 15.8 Å². The molecule has 0 unspecified atom stereocenters. The van der Waals surface area contributed by atoms with Crippen LogP contribution < -0.4 is 15.8 Å². The van der Waals surface area contributed by atoms with Gasteiger partial charge < -0.3 is 14.6 Å². The molecule has 1 heterocycles. The van der Waals surface area contributed by atoms with Crippen molar-refractivity contribution in [1.29, 1.82) is 5.41 Å². The first kappa shape index (κ1) is 17.7. The molecule has 2 N–H and O–H groups in total. The summed E-state index contributed by atoms with van der Waals surface area (Å²) < 4.78 is 18.5. The summed E-state index contributed by atoms with van der Waals surface area (Å²) in [6, 6.07) is 12.8. The Morgan fingerprint density at radius 2 is 1.81 bits per heavy atom. The van der Waals surface area contributed by atoms with Gasteiger partial charge in [-0.1, -0.05) is 0 Å². The van der Waals surface area contributed by atoms with Gasteiger partial charge in [0.15, 0.2) is 0 Å². The fourth-order valence-corrected chi connectivity index (χ4v) is 2.80. The predicted octanol–water partition coefficient (Wildman–Crippen LogP) is 4.15. The molecular weight excluding hydrogens is 333 g/mol. The molecule has 0 saturated carbocycles. The van der Waals surface area contributed by atoms with Gasteiger partial charge in [-0.2, -0.15) is 0 Å². The quantitative estimate of drug-likeness (QED) is 0.724. The van der Waals surface area contributed by atoms with E-state index in [4.69, 9.17) is 9.83 Å². The number of hydrogen-bond acceptors (Lipinski definition) is 4. The Balaban J connectivity index is 1.93. The molecule has 0 aliphatic rings. The van der Waals surface area contributed by atoms with E-state index in [1.807, 2.05) is 18.2 Å². The van der Waals surface area contributed by atoms with Gasteiger partial charge in [-0.3, -0.25) is 10.2 Å². The number of carbonyl (C=O) groups excluding carboxylic acids is 1. The first-order valence-corrected chi connectivity index (χ1v) is 8.46. The summed E-state index contributed by atoms with van der Waals surface area (Å²) in [4.78, 5) is 14.6. The zero-order chi connectivity index (χ0) is 18.7. The number of halogens is 1. The number of nitrogens with one attached hydrogen (secondary N) is 2. The average molecular weight is 353 g/mol. The number of hydrogen-bond donors (Lipinski definition) is 2. The number of fused-ring (bicyclic) bond motifs is 1. The van der Waals surface area contributed by atoms with Crippen LogP contribution in [-0.4, -0.2) is 19.0 Å². The molecule has 134 valence electrons. The highest BCUT2D eigenvalue weighted by atomic mass is 19.1. The highest BCUT2D eigenvalue weighted by Crippen LogP contribution is 2.22. The van der Waals surface area contributed by atoms with Crippen LogP contribution in [0.1, 0.15) is 24.2 Å². The molecule has 6 heteroatoms. The highest BCUT2D eigenvalue weighted by Gasteiger charge is 2.13. The van der Waals surface area contributed by atoms with Gasteiger partial charge >= 0.3 is 0 Å². The van der Waals surface area contributed by atoms with Crippen LogP contribution in [0, 0.1) is 11.2 Å². The molecule has 1 aromatic heterocycles. The van der Waals surface area contributed by atoms with Crippen molar-refractivity contribution in [2.75, 3.05) is 23.3 Å². The summed E-state index contributed by atoms with van der Waals surface area (Å²) in [6.07, 6.45) is 0. The Morgan fingerprint density at radius 1 is 1.12 bits per heavy atom. The van der Waals surface area contributed by atoms with Gasteiger partial charge in [-0.15, -0.1) is 0 Å². The molecule has 3 aromatic rings. The van der Waals surface area contributed by atoms with Gasteiger partial charge in [-0.25, -0.2) is 4.39 Å². The molecule has 5 nitrogen and oxygen atoms in total. The van der Waals surface area contributed by atoms with Gasteiger partial charge in [0.25, 0.3) is 5.91 Å². The summed E-state index contributed by atoms with van der Waals surface area (Å²) in [6.45, 7) is 5.88. The van der Waals surface area contributed by atoms with Crippen molar-refractivity contribution >= 4 is 28.3 Å². The molecule has 0 saturated heterocycles. The maximum absolute atomic E-state index is 13.0. The van der Waals surface area contributed by atoms with Gasteiger partial charge in [0.05, 0.1) is 0 Å². The standard InChI is InChI=1S/C20H20FN3O2/c1-3-24(4-2)16-10-5-13-11-17(19(22)26-18(13)12-16)20(25)23-15-8-6-14(21)7-9-15/h5-12,22H,3-4H2,1-2H3,(H,23,25). The Hall–Kier alpha value is -3.15. The second-order valence-electron chi connectivity index (χ2n) is 5.84. The van der Waals surface area contributed by atoms with E-state index in [1.54, 1.807) is 6.07 Å². The van der Waals surface area contributed by atoms with Crippen LogP contribution in [0.5, 0.6) is 0 Å². The number of amides is 1. The van der Waals surface area contributed by atoms with E-state index >= 15 is 0 Å². The van der Waals surface area contributed by atoms with Crippen molar-refractivity contribution in [3.8, 4) is 0 Å². The smallest absolute Gasteiger partial charge is 0.261 e. The second kappa shape index (κ2) is 7.39. The van der Waals surface area contributed by atoms with Crippen molar-refractivity contribution in [3.63, 3.8) is 0 Å². The Labute approximate surface area is 150 Å². The van der Waals surface area contributed by atoms with E-state index in [0.717, 1.165) is 24.2 Å². The van der Waals surface area contributed by atoms with Crippen molar-refractivity contribution in [2.24, 2.45) is 0 Å². The molecule has 0 spiro atoms. The summed E-state index contributed by atoms with van der Waals surface area (Å²) in [5.74, 6) is -0.853. The predicted molar refractivity (Wildman–Crippen MR) is 100.0 cm³/mol. The third-order valence-corrected chi connectivity index (χ3v) is 4.23. The molecule has 1 amide bonds. The van der Waals surface area contributed by atoms with Crippen LogP contribution in [0.3, 0.4) is 0 Å². The van der Waals surface area contributed by atoms with Gasteiger partial charge in [0, 0.05) is 35.9 Å². The summed E-state index contributed by atoms with van der Waals surface area (Å²) in [5, 5.41) is 11.4. The van der Waals surface area contributed by atoms with Gasteiger partial charge in [-0.05, 0) is 56.3 Å². The maximum atomic E-state index is 13.0. The normalized spacial score (nSPS) is 10.7.